The van der Waals surface area contributed by atoms with Crippen molar-refractivity contribution in [3.8, 4) is 44.5 Å². The molecule has 1 heteroatoms. The van der Waals surface area contributed by atoms with E-state index in [1.54, 1.807) is 0 Å². The highest BCUT2D eigenvalue weighted by Crippen LogP contribution is 2.52. The lowest BCUT2D eigenvalue weighted by atomic mass is 9.86. The minimum atomic E-state index is 1.10. The van der Waals surface area contributed by atoms with Gasteiger partial charge in [0.2, 0.25) is 0 Å². The van der Waals surface area contributed by atoms with Gasteiger partial charge in [0, 0.05) is 22.2 Å². The summed E-state index contributed by atoms with van der Waals surface area (Å²) in [6.07, 6.45) is 0. The van der Waals surface area contributed by atoms with Gasteiger partial charge in [0.25, 0.3) is 0 Å². The molecule has 240 valence electrons. The first kappa shape index (κ1) is 30.4. The van der Waals surface area contributed by atoms with E-state index in [9.17, 15) is 0 Å². The van der Waals surface area contributed by atoms with Crippen molar-refractivity contribution in [1.82, 2.24) is 0 Å². The zero-order valence-corrected chi connectivity index (χ0v) is 28.2. The summed E-state index contributed by atoms with van der Waals surface area (Å²) in [7, 11) is 0. The molecule has 9 aromatic rings. The number of rotatable bonds is 7. The fourth-order valence-electron chi connectivity index (χ4n) is 7.57. The van der Waals surface area contributed by atoms with Crippen LogP contribution in [0.25, 0.3) is 66.1 Å². The minimum Gasteiger partial charge on any atom is -0.309 e. The van der Waals surface area contributed by atoms with Gasteiger partial charge in [0.1, 0.15) is 0 Å². The van der Waals surface area contributed by atoms with E-state index >= 15 is 0 Å². The van der Waals surface area contributed by atoms with Crippen LogP contribution in [0.1, 0.15) is 0 Å². The minimum absolute atomic E-state index is 1.10. The molecule has 0 aliphatic carbocycles. The number of hydrogen-bond donors (Lipinski definition) is 0. The van der Waals surface area contributed by atoms with E-state index in [0.717, 1.165) is 17.1 Å². The van der Waals surface area contributed by atoms with Crippen molar-refractivity contribution in [2.75, 3.05) is 4.90 Å². The Kier molecular flexibility index (Phi) is 7.92. The summed E-state index contributed by atoms with van der Waals surface area (Å²) >= 11 is 0. The van der Waals surface area contributed by atoms with E-state index in [1.165, 1.54) is 66.1 Å². The van der Waals surface area contributed by atoms with E-state index in [2.05, 4.69) is 217 Å². The molecule has 0 aliphatic heterocycles. The van der Waals surface area contributed by atoms with E-state index in [0.29, 0.717) is 0 Å². The SMILES string of the molecule is c1ccc(-c2cccc(N(c3ccccc3-c3ccccc3)c3c(-c4ccccc4-c4ccccc4)c4ccccc4c4ccccc34)c2)cc1. The number of fused-ring (bicyclic) bond motifs is 3. The third-order valence-corrected chi connectivity index (χ3v) is 9.85. The van der Waals surface area contributed by atoms with Crippen molar-refractivity contribution >= 4 is 38.6 Å². The third kappa shape index (κ3) is 5.56. The van der Waals surface area contributed by atoms with Gasteiger partial charge in [-0.3, -0.25) is 0 Å². The van der Waals surface area contributed by atoms with Crippen molar-refractivity contribution in [1.29, 1.82) is 0 Å². The highest BCUT2D eigenvalue weighted by Gasteiger charge is 2.26. The monoisotopic (exact) mass is 649 g/mol. The maximum atomic E-state index is 2.51. The molecule has 0 unspecified atom stereocenters. The van der Waals surface area contributed by atoms with Gasteiger partial charge in [-0.05, 0) is 67.7 Å². The van der Waals surface area contributed by atoms with E-state index in [1.807, 2.05) is 0 Å². The Balaban J connectivity index is 1.45. The molecule has 0 saturated heterocycles. The molecule has 0 bridgehead atoms. The first-order valence-electron chi connectivity index (χ1n) is 17.5. The molecule has 0 saturated carbocycles. The molecule has 1 nitrogen and oxygen atoms in total. The quantitative estimate of drug-likeness (QED) is 0.155. The Morgan fingerprint density at radius 2 is 0.725 bits per heavy atom. The zero-order chi connectivity index (χ0) is 34.0. The number of hydrogen-bond acceptors (Lipinski definition) is 1. The number of para-hydroxylation sites is 1. The second-order valence-electron chi connectivity index (χ2n) is 12.9. The summed E-state index contributed by atoms with van der Waals surface area (Å²) in [5.74, 6) is 0. The summed E-state index contributed by atoms with van der Waals surface area (Å²) in [4.78, 5) is 2.51. The van der Waals surface area contributed by atoms with Crippen LogP contribution >= 0.6 is 0 Å². The zero-order valence-electron chi connectivity index (χ0n) is 28.2. The van der Waals surface area contributed by atoms with Crippen LogP contribution in [0.4, 0.5) is 17.1 Å². The first-order valence-corrected chi connectivity index (χ1v) is 17.5. The van der Waals surface area contributed by atoms with Crippen molar-refractivity contribution < 1.29 is 0 Å². The molecule has 0 amide bonds. The molecule has 9 rings (SSSR count). The maximum absolute atomic E-state index is 2.51. The fraction of sp³-hybridized carbons (Fsp3) is 0. The van der Waals surface area contributed by atoms with E-state index in [-0.39, 0.29) is 0 Å². The van der Waals surface area contributed by atoms with Gasteiger partial charge in [-0.15, -0.1) is 0 Å². The lowest BCUT2D eigenvalue weighted by Crippen LogP contribution is -2.14. The normalized spacial score (nSPS) is 11.1. The molecule has 51 heavy (non-hydrogen) atoms. The van der Waals surface area contributed by atoms with Crippen LogP contribution in [-0.4, -0.2) is 0 Å². The molecule has 0 aliphatic rings. The Morgan fingerprint density at radius 3 is 1.39 bits per heavy atom. The van der Waals surface area contributed by atoms with Crippen LogP contribution in [0.15, 0.2) is 212 Å². The lowest BCUT2D eigenvalue weighted by molar-refractivity contribution is 1.30. The van der Waals surface area contributed by atoms with Gasteiger partial charge in [-0.2, -0.15) is 0 Å². The summed E-state index contributed by atoms with van der Waals surface area (Å²) in [5, 5.41) is 4.88. The van der Waals surface area contributed by atoms with Crippen molar-refractivity contribution in [3.05, 3.63) is 212 Å². The van der Waals surface area contributed by atoms with Gasteiger partial charge in [-0.25, -0.2) is 0 Å². The molecular formula is C50H35N. The average molecular weight is 650 g/mol. The van der Waals surface area contributed by atoms with Gasteiger partial charge < -0.3 is 4.90 Å². The second kappa shape index (κ2) is 13.3. The molecule has 0 atom stereocenters. The number of benzene rings is 9. The predicted octanol–water partition coefficient (Wildman–Crippen LogP) is 14.1. The average Bonchev–Trinajstić information content (AvgIpc) is 3.22. The van der Waals surface area contributed by atoms with Gasteiger partial charge in [-0.1, -0.05) is 194 Å². The number of nitrogens with zero attached hydrogens (tertiary/aromatic N) is 1. The summed E-state index contributed by atoms with van der Waals surface area (Å²) in [6.45, 7) is 0. The predicted molar refractivity (Wildman–Crippen MR) is 218 cm³/mol. The Bertz CT molecular complexity index is 2620. The van der Waals surface area contributed by atoms with E-state index < -0.39 is 0 Å². The van der Waals surface area contributed by atoms with E-state index in [4.69, 9.17) is 0 Å². The summed E-state index contributed by atoms with van der Waals surface area (Å²) in [6, 6.07) is 76.7. The van der Waals surface area contributed by atoms with Gasteiger partial charge in [0.05, 0.1) is 11.4 Å². The standard InChI is InChI=1S/C50H35N/c1-4-19-36(20-5-1)39-25-18-26-40(35-39)51(48-34-17-16-28-42(48)38-23-8-3-9-24-38)50-47-33-15-12-30-44(47)43-29-11-14-32-46(43)49(50)45-31-13-10-27-41(45)37-21-6-2-7-22-37/h1-35H. The third-order valence-electron chi connectivity index (χ3n) is 9.85. The topological polar surface area (TPSA) is 3.24 Å². The van der Waals surface area contributed by atoms with Crippen LogP contribution in [-0.2, 0) is 0 Å². The molecular weight excluding hydrogens is 615 g/mol. The molecule has 0 radical (unpaired) electrons. The fourth-order valence-corrected chi connectivity index (χ4v) is 7.57. The second-order valence-corrected chi connectivity index (χ2v) is 12.9. The van der Waals surface area contributed by atoms with Crippen LogP contribution < -0.4 is 4.90 Å². The Hall–Kier alpha value is -6.70. The van der Waals surface area contributed by atoms with Crippen LogP contribution in [0.2, 0.25) is 0 Å². The van der Waals surface area contributed by atoms with Gasteiger partial charge >= 0.3 is 0 Å². The Morgan fingerprint density at radius 1 is 0.275 bits per heavy atom. The van der Waals surface area contributed by atoms with Crippen LogP contribution in [0.5, 0.6) is 0 Å². The smallest absolute Gasteiger partial charge is 0.0625 e. The molecule has 0 N–H and O–H groups in total. The first-order chi connectivity index (χ1) is 25.3. The summed E-state index contributed by atoms with van der Waals surface area (Å²) < 4.78 is 0. The maximum Gasteiger partial charge on any atom is 0.0625 e. The van der Waals surface area contributed by atoms with Crippen LogP contribution in [0, 0.1) is 0 Å². The van der Waals surface area contributed by atoms with Crippen molar-refractivity contribution in [2.24, 2.45) is 0 Å². The lowest BCUT2D eigenvalue weighted by Gasteiger charge is -2.33. The molecule has 9 aromatic carbocycles. The molecule has 0 heterocycles. The molecule has 0 aromatic heterocycles. The highest BCUT2D eigenvalue weighted by atomic mass is 15.1. The molecule has 0 fully saturated rings. The van der Waals surface area contributed by atoms with Crippen molar-refractivity contribution in [2.45, 2.75) is 0 Å². The van der Waals surface area contributed by atoms with Crippen LogP contribution in [0.3, 0.4) is 0 Å². The summed E-state index contributed by atoms with van der Waals surface area (Å²) in [5.41, 5.74) is 12.9. The molecule has 0 spiro atoms. The largest absolute Gasteiger partial charge is 0.309 e. The number of anilines is 3. The Labute approximate surface area is 299 Å². The van der Waals surface area contributed by atoms with Gasteiger partial charge in [0.15, 0.2) is 0 Å². The highest BCUT2D eigenvalue weighted by molar-refractivity contribution is 6.23. The van der Waals surface area contributed by atoms with Crippen molar-refractivity contribution in [3.63, 3.8) is 0 Å².